The SMILES string of the molecule is COCCNSN1CCN([C@@H](C)Cn2c(C#N)cc3c(C)c(CN4CCC(Nc5ncnc6sc(CC(F)(F)F)cc56)CC4)ccc32)CC1. The third-order valence-corrected chi connectivity index (χ3v) is 11.6. The number of nitrogens with zero attached hydrogens (tertiary/aromatic N) is 7. The number of piperidine rings is 1. The number of anilines is 1. The molecule has 1 atom stereocenters. The van der Waals surface area contributed by atoms with Crippen LogP contribution in [0.2, 0.25) is 0 Å². The molecule has 0 radical (unpaired) electrons. The molecule has 2 saturated heterocycles. The quantitative estimate of drug-likeness (QED) is 0.130. The number of aromatic nitrogens is 3. The molecule has 0 bridgehead atoms. The number of benzene rings is 1. The van der Waals surface area contributed by atoms with Crippen LogP contribution in [0.15, 0.2) is 30.6 Å². The van der Waals surface area contributed by atoms with Gasteiger partial charge in [0.25, 0.3) is 0 Å². The van der Waals surface area contributed by atoms with Crippen LogP contribution in [0.4, 0.5) is 19.0 Å². The summed E-state index contributed by atoms with van der Waals surface area (Å²) in [6.45, 7) is 13.2. The molecular formula is C34H44F3N9OS2. The van der Waals surface area contributed by atoms with Gasteiger partial charge in [-0.05, 0) is 56.0 Å². The van der Waals surface area contributed by atoms with E-state index in [4.69, 9.17) is 4.74 Å². The van der Waals surface area contributed by atoms with Gasteiger partial charge in [-0.3, -0.25) is 9.80 Å². The molecule has 0 spiro atoms. The second-order valence-corrected chi connectivity index (χ2v) is 15.1. The molecule has 6 rings (SSSR count). The first-order chi connectivity index (χ1) is 23.6. The first-order valence-electron chi connectivity index (χ1n) is 16.8. The number of rotatable bonds is 13. The highest BCUT2D eigenvalue weighted by molar-refractivity contribution is 7.95. The van der Waals surface area contributed by atoms with Crippen LogP contribution in [0.5, 0.6) is 0 Å². The molecule has 2 N–H and O–H groups in total. The first-order valence-corrected chi connectivity index (χ1v) is 18.4. The predicted octanol–water partition coefficient (Wildman–Crippen LogP) is 5.81. The van der Waals surface area contributed by atoms with Crippen LogP contribution in [0.3, 0.4) is 0 Å². The molecule has 0 amide bonds. The van der Waals surface area contributed by atoms with Crippen LogP contribution >= 0.6 is 23.5 Å². The number of fused-ring (bicyclic) bond motifs is 2. The smallest absolute Gasteiger partial charge is 0.383 e. The van der Waals surface area contributed by atoms with Crippen LogP contribution in [0.1, 0.15) is 41.5 Å². The topological polar surface area (TPSA) is 97.5 Å². The van der Waals surface area contributed by atoms with Crippen LogP contribution in [-0.4, -0.2) is 106 Å². The maximum absolute atomic E-state index is 13.0. The number of hydrogen-bond donors (Lipinski definition) is 2. The van der Waals surface area contributed by atoms with Crippen molar-refractivity contribution in [2.24, 2.45) is 0 Å². The van der Waals surface area contributed by atoms with Crippen molar-refractivity contribution in [1.29, 1.82) is 5.26 Å². The minimum Gasteiger partial charge on any atom is -0.383 e. The lowest BCUT2D eigenvalue weighted by Gasteiger charge is -2.37. The molecule has 1 aromatic carbocycles. The Morgan fingerprint density at radius 1 is 1.10 bits per heavy atom. The number of nitrogens with one attached hydrogen (secondary N) is 2. The van der Waals surface area contributed by atoms with Crippen molar-refractivity contribution in [2.75, 3.05) is 64.8 Å². The zero-order chi connectivity index (χ0) is 34.5. The van der Waals surface area contributed by atoms with E-state index in [-0.39, 0.29) is 10.9 Å². The molecule has 2 aliphatic heterocycles. The predicted molar refractivity (Wildman–Crippen MR) is 191 cm³/mol. The van der Waals surface area contributed by atoms with Gasteiger partial charge in [-0.2, -0.15) is 18.4 Å². The lowest BCUT2D eigenvalue weighted by Crippen LogP contribution is -2.49. The van der Waals surface area contributed by atoms with E-state index in [0.29, 0.717) is 34.4 Å². The van der Waals surface area contributed by atoms with Crippen molar-refractivity contribution in [3.8, 4) is 6.07 Å². The number of aryl methyl sites for hydroxylation is 1. The molecule has 0 unspecified atom stereocenters. The van der Waals surface area contributed by atoms with E-state index in [2.05, 4.69) is 70.7 Å². The highest BCUT2D eigenvalue weighted by atomic mass is 32.2. The highest BCUT2D eigenvalue weighted by Crippen LogP contribution is 2.34. The Kier molecular flexibility index (Phi) is 11.7. The van der Waals surface area contributed by atoms with Crippen molar-refractivity contribution in [3.05, 3.63) is 52.3 Å². The fraction of sp³-hybridized carbons (Fsp3) is 0.559. The van der Waals surface area contributed by atoms with Gasteiger partial charge in [0, 0.05) is 106 Å². The molecule has 10 nitrogen and oxygen atoms in total. The van der Waals surface area contributed by atoms with Gasteiger partial charge in [0.15, 0.2) is 0 Å². The second kappa shape index (κ2) is 15.9. The van der Waals surface area contributed by atoms with Crippen molar-refractivity contribution in [2.45, 2.75) is 64.5 Å². The number of alkyl halides is 3. The van der Waals surface area contributed by atoms with Crippen molar-refractivity contribution >= 4 is 50.4 Å². The van der Waals surface area contributed by atoms with Gasteiger partial charge in [0.2, 0.25) is 0 Å². The monoisotopic (exact) mass is 715 g/mol. The van der Waals surface area contributed by atoms with Crippen LogP contribution in [0.25, 0.3) is 21.1 Å². The Morgan fingerprint density at radius 3 is 2.59 bits per heavy atom. The third-order valence-electron chi connectivity index (χ3n) is 9.60. The molecule has 4 aromatic rings. The lowest BCUT2D eigenvalue weighted by atomic mass is 10.0. The van der Waals surface area contributed by atoms with Crippen LogP contribution < -0.4 is 10.0 Å². The fourth-order valence-corrected chi connectivity index (χ4v) is 8.58. The van der Waals surface area contributed by atoms with Crippen molar-refractivity contribution < 1.29 is 17.9 Å². The van der Waals surface area contributed by atoms with Gasteiger partial charge in [0.05, 0.1) is 18.4 Å². The van der Waals surface area contributed by atoms with Gasteiger partial charge in [-0.15, -0.1) is 11.3 Å². The van der Waals surface area contributed by atoms with E-state index < -0.39 is 12.6 Å². The summed E-state index contributed by atoms with van der Waals surface area (Å²) in [7, 11) is 1.71. The number of hydrogen-bond acceptors (Lipinski definition) is 11. The minimum atomic E-state index is -4.25. The van der Waals surface area contributed by atoms with E-state index in [1.54, 1.807) is 25.3 Å². The molecule has 0 saturated carbocycles. The van der Waals surface area contributed by atoms with Crippen LogP contribution in [-0.2, 0) is 24.2 Å². The normalized spacial score (nSPS) is 18.0. The van der Waals surface area contributed by atoms with Gasteiger partial charge in [-0.1, -0.05) is 6.07 Å². The number of nitriles is 1. The Labute approximate surface area is 293 Å². The summed E-state index contributed by atoms with van der Waals surface area (Å²) in [5, 5.41) is 15.4. The molecular weight excluding hydrogens is 672 g/mol. The summed E-state index contributed by atoms with van der Waals surface area (Å²) in [4.78, 5) is 14.3. The first kappa shape index (κ1) is 35.8. The standard InChI is InChI=1S/C34H44F3N9OS2/c1-23(44-11-13-45(14-12-44)49-41-8-15-47-3)20-46-27(19-38)16-29-24(2)25(4-5-31(29)46)21-43-9-6-26(7-10-43)42-32-30-17-28(18-34(35,36)37)48-33(30)40-22-39-32/h4-5,16-17,22-23,26,41H,6-15,18,20-21H2,1-3H3,(H,39,40,42)/t23-/m0/s1. The summed E-state index contributed by atoms with van der Waals surface area (Å²) >= 11 is 2.74. The van der Waals surface area contributed by atoms with Crippen molar-refractivity contribution in [3.63, 3.8) is 0 Å². The number of thiophene rings is 1. The second-order valence-electron chi connectivity index (χ2n) is 13.0. The average molecular weight is 716 g/mol. The zero-order valence-electron chi connectivity index (χ0n) is 28.2. The van der Waals surface area contributed by atoms with Gasteiger partial charge in [0.1, 0.15) is 28.7 Å². The van der Waals surface area contributed by atoms with Crippen LogP contribution in [0, 0.1) is 18.3 Å². The molecule has 15 heteroatoms. The maximum Gasteiger partial charge on any atom is 0.393 e. The highest BCUT2D eigenvalue weighted by Gasteiger charge is 2.30. The summed E-state index contributed by atoms with van der Waals surface area (Å²) < 4.78 is 51.9. The molecule has 5 heterocycles. The van der Waals surface area contributed by atoms with Gasteiger partial charge < -0.3 is 14.6 Å². The van der Waals surface area contributed by atoms with Gasteiger partial charge >= 0.3 is 6.18 Å². The van der Waals surface area contributed by atoms with Gasteiger partial charge in [-0.25, -0.2) is 19.0 Å². The summed E-state index contributed by atoms with van der Waals surface area (Å²) in [6.07, 6.45) is -1.99. The Bertz CT molecular complexity index is 1760. The zero-order valence-corrected chi connectivity index (χ0v) is 29.9. The summed E-state index contributed by atoms with van der Waals surface area (Å²) in [5.74, 6) is 0.605. The number of halogens is 3. The Hall–Kier alpha value is -2.97. The van der Waals surface area contributed by atoms with E-state index in [9.17, 15) is 18.4 Å². The molecule has 264 valence electrons. The average Bonchev–Trinajstić information content (AvgIpc) is 3.66. The molecule has 49 heavy (non-hydrogen) atoms. The number of piperazine rings is 1. The van der Waals surface area contributed by atoms with E-state index >= 15 is 0 Å². The largest absolute Gasteiger partial charge is 0.393 e. The van der Waals surface area contributed by atoms with E-state index in [1.165, 1.54) is 17.5 Å². The van der Waals surface area contributed by atoms with Crippen molar-refractivity contribution in [1.82, 2.24) is 33.4 Å². The minimum absolute atomic E-state index is 0.178. The molecule has 2 fully saturated rings. The Balaban J connectivity index is 1.04. The number of methoxy groups -OCH3 is 1. The third kappa shape index (κ3) is 8.86. The summed E-state index contributed by atoms with van der Waals surface area (Å²) in [5.41, 5.74) is 4.27. The fourth-order valence-electron chi connectivity index (χ4n) is 6.85. The van der Waals surface area contributed by atoms with E-state index in [1.807, 2.05) is 6.07 Å². The maximum atomic E-state index is 13.0. The lowest BCUT2D eigenvalue weighted by molar-refractivity contribution is -0.126. The molecule has 2 aliphatic rings. The molecule has 3 aromatic heterocycles. The molecule has 0 aliphatic carbocycles. The van der Waals surface area contributed by atoms with E-state index in [0.717, 1.165) is 94.0 Å². The number of likely N-dealkylation sites (tertiary alicyclic amines) is 1. The summed E-state index contributed by atoms with van der Waals surface area (Å²) in [6, 6.07) is 10.9. The Morgan fingerprint density at radius 2 is 1.88 bits per heavy atom. The number of ether oxygens (including phenoxy) is 1.